The summed E-state index contributed by atoms with van der Waals surface area (Å²) in [6.07, 6.45) is 1.06. The molecule has 0 radical (unpaired) electrons. The summed E-state index contributed by atoms with van der Waals surface area (Å²) in [4.78, 5) is 14.6. The average Bonchev–Trinajstić information content (AvgIpc) is 3.06. The van der Waals surface area contributed by atoms with E-state index in [2.05, 4.69) is 23.3 Å². The molecule has 1 atom stereocenters. The van der Waals surface area contributed by atoms with Crippen LogP contribution in [0.3, 0.4) is 0 Å². The zero-order chi connectivity index (χ0) is 13.4. The number of carbonyl (C=O) groups is 1. The van der Waals surface area contributed by atoms with E-state index in [1.54, 1.807) is 6.07 Å². The molecule has 0 bridgehead atoms. The minimum Gasteiger partial charge on any atom is -0.475 e. The molecule has 3 rings (SSSR count). The van der Waals surface area contributed by atoms with E-state index in [0.717, 1.165) is 25.3 Å². The standard InChI is InChI=1S/C14H15NO3S/c1-9(11-2-3-12(18-11)14(16)17)15-6-4-13-10(8-15)5-7-19-13/h2-3,5,7,9H,4,6,8H2,1H3,(H,16,17). The van der Waals surface area contributed by atoms with Crippen LogP contribution in [0.1, 0.15) is 39.7 Å². The first-order chi connectivity index (χ1) is 9.15. The first-order valence-electron chi connectivity index (χ1n) is 6.27. The minimum absolute atomic E-state index is 0.00934. The van der Waals surface area contributed by atoms with E-state index in [0.29, 0.717) is 0 Å². The summed E-state index contributed by atoms with van der Waals surface area (Å²) in [5.74, 6) is -0.289. The molecule has 2 aromatic heterocycles. The lowest BCUT2D eigenvalue weighted by Gasteiger charge is -2.31. The number of nitrogens with zero attached hydrogens (tertiary/aromatic N) is 1. The van der Waals surface area contributed by atoms with Gasteiger partial charge in [-0.2, -0.15) is 0 Å². The molecule has 0 aliphatic carbocycles. The van der Waals surface area contributed by atoms with Crippen molar-refractivity contribution in [1.29, 1.82) is 0 Å². The summed E-state index contributed by atoms with van der Waals surface area (Å²) in [7, 11) is 0. The van der Waals surface area contributed by atoms with Crippen molar-refractivity contribution < 1.29 is 14.3 Å². The zero-order valence-electron chi connectivity index (χ0n) is 10.6. The summed E-state index contributed by atoms with van der Waals surface area (Å²) >= 11 is 1.82. The van der Waals surface area contributed by atoms with Gasteiger partial charge in [0, 0.05) is 18.0 Å². The Bertz CT molecular complexity index is 601. The summed E-state index contributed by atoms with van der Waals surface area (Å²) in [6, 6.07) is 5.55. The Balaban J connectivity index is 1.77. The second kappa shape index (κ2) is 4.83. The van der Waals surface area contributed by atoms with Gasteiger partial charge < -0.3 is 9.52 Å². The third-order valence-corrected chi connectivity index (χ3v) is 4.66. The van der Waals surface area contributed by atoms with E-state index in [1.807, 2.05) is 11.3 Å². The molecule has 0 fully saturated rings. The number of thiophene rings is 1. The van der Waals surface area contributed by atoms with Gasteiger partial charge in [-0.1, -0.05) is 0 Å². The Morgan fingerprint density at radius 3 is 3.05 bits per heavy atom. The second-order valence-corrected chi connectivity index (χ2v) is 5.77. The van der Waals surface area contributed by atoms with Gasteiger partial charge in [0.15, 0.2) is 0 Å². The molecule has 0 amide bonds. The number of hydrogen-bond donors (Lipinski definition) is 1. The Kier molecular flexibility index (Phi) is 3.16. The average molecular weight is 277 g/mol. The largest absolute Gasteiger partial charge is 0.475 e. The lowest BCUT2D eigenvalue weighted by Crippen LogP contribution is -2.31. The third-order valence-electron chi connectivity index (χ3n) is 3.63. The van der Waals surface area contributed by atoms with E-state index < -0.39 is 5.97 Å². The van der Waals surface area contributed by atoms with Crippen molar-refractivity contribution in [1.82, 2.24) is 4.90 Å². The van der Waals surface area contributed by atoms with Crippen molar-refractivity contribution in [2.24, 2.45) is 0 Å². The van der Waals surface area contributed by atoms with Crippen LogP contribution >= 0.6 is 11.3 Å². The molecule has 1 N–H and O–H groups in total. The van der Waals surface area contributed by atoms with E-state index in [-0.39, 0.29) is 11.8 Å². The third kappa shape index (κ3) is 2.31. The molecule has 19 heavy (non-hydrogen) atoms. The van der Waals surface area contributed by atoms with Gasteiger partial charge in [0.2, 0.25) is 5.76 Å². The summed E-state index contributed by atoms with van der Waals surface area (Å²) < 4.78 is 5.39. The maximum absolute atomic E-state index is 10.8. The lowest BCUT2D eigenvalue weighted by atomic mass is 10.1. The van der Waals surface area contributed by atoms with E-state index in [4.69, 9.17) is 9.52 Å². The lowest BCUT2D eigenvalue weighted by molar-refractivity contribution is 0.0655. The number of rotatable bonds is 3. The van der Waals surface area contributed by atoms with Gasteiger partial charge in [-0.15, -0.1) is 11.3 Å². The van der Waals surface area contributed by atoms with Gasteiger partial charge in [0.1, 0.15) is 5.76 Å². The van der Waals surface area contributed by atoms with Crippen LogP contribution in [0.25, 0.3) is 0 Å². The minimum atomic E-state index is -1.02. The molecule has 3 heterocycles. The predicted molar refractivity (Wildman–Crippen MR) is 72.5 cm³/mol. The van der Waals surface area contributed by atoms with Crippen LogP contribution in [0.4, 0.5) is 0 Å². The van der Waals surface area contributed by atoms with Gasteiger partial charge in [-0.25, -0.2) is 4.79 Å². The smallest absolute Gasteiger partial charge is 0.371 e. The topological polar surface area (TPSA) is 53.7 Å². The number of aromatic carboxylic acids is 1. The second-order valence-electron chi connectivity index (χ2n) is 4.77. The Morgan fingerprint density at radius 2 is 2.32 bits per heavy atom. The first-order valence-corrected chi connectivity index (χ1v) is 7.15. The van der Waals surface area contributed by atoms with E-state index >= 15 is 0 Å². The van der Waals surface area contributed by atoms with Crippen LogP contribution in [0.5, 0.6) is 0 Å². The van der Waals surface area contributed by atoms with Gasteiger partial charge in [0.25, 0.3) is 0 Å². The van der Waals surface area contributed by atoms with Crippen molar-refractivity contribution in [3.63, 3.8) is 0 Å². The first kappa shape index (κ1) is 12.4. The fraction of sp³-hybridized carbons (Fsp3) is 0.357. The van der Waals surface area contributed by atoms with Crippen molar-refractivity contribution in [2.45, 2.75) is 25.9 Å². The predicted octanol–water partition coefficient (Wildman–Crippen LogP) is 3.16. The van der Waals surface area contributed by atoms with Gasteiger partial charge in [-0.05, 0) is 42.5 Å². The molecule has 1 aliphatic rings. The summed E-state index contributed by atoms with van der Waals surface area (Å²) in [6.45, 7) is 3.95. The van der Waals surface area contributed by atoms with E-state index in [1.165, 1.54) is 16.5 Å². The molecule has 4 nitrogen and oxygen atoms in total. The van der Waals surface area contributed by atoms with Crippen LogP contribution in [-0.4, -0.2) is 22.5 Å². The molecular formula is C14H15NO3S. The highest BCUT2D eigenvalue weighted by Gasteiger charge is 2.24. The van der Waals surface area contributed by atoms with Crippen LogP contribution in [0.15, 0.2) is 28.0 Å². The zero-order valence-corrected chi connectivity index (χ0v) is 11.4. The van der Waals surface area contributed by atoms with Crippen LogP contribution < -0.4 is 0 Å². The quantitative estimate of drug-likeness (QED) is 0.936. The van der Waals surface area contributed by atoms with Crippen molar-refractivity contribution in [2.75, 3.05) is 6.54 Å². The molecule has 0 saturated heterocycles. The molecule has 2 aromatic rings. The molecule has 0 spiro atoms. The van der Waals surface area contributed by atoms with Crippen LogP contribution in [0, 0.1) is 0 Å². The maximum atomic E-state index is 10.8. The number of hydrogen-bond acceptors (Lipinski definition) is 4. The molecule has 0 saturated carbocycles. The van der Waals surface area contributed by atoms with Gasteiger partial charge in [-0.3, -0.25) is 4.90 Å². The molecule has 1 aliphatic heterocycles. The summed E-state index contributed by atoms with van der Waals surface area (Å²) in [5.41, 5.74) is 1.38. The van der Waals surface area contributed by atoms with Crippen LogP contribution in [-0.2, 0) is 13.0 Å². The Morgan fingerprint density at radius 1 is 1.47 bits per heavy atom. The highest BCUT2D eigenvalue weighted by Crippen LogP contribution is 2.30. The number of fused-ring (bicyclic) bond motifs is 1. The van der Waals surface area contributed by atoms with Gasteiger partial charge in [0.05, 0.1) is 6.04 Å². The highest BCUT2D eigenvalue weighted by molar-refractivity contribution is 7.10. The number of carboxylic acids is 1. The molecular weight excluding hydrogens is 262 g/mol. The fourth-order valence-electron chi connectivity index (χ4n) is 2.47. The van der Waals surface area contributed by atoms with Crippen molar-refractivity contribution in [3.05, 3.63) is 45.5 Å². The molecule has 0 aromatic carbocycles. The van der Waals surface area contributed by atoms with Gasteiger partial charge >= 0.3 is 5.97 Å². The van der Waals surface area contributed by atoms with Crippen LogP contribution in [0.2, 0.25) is 0 Å². The number of carboxylic acid groups (broad SMARTS) is 1. The molecule has 1 unspecified atom stereocenters. The Hall–Kier alpha value is -1.59. The SMILES string of the molecule is CC(c1ccc(C(=O)O)o1)N1CCc2sccc2C1. The maximum Gasteiger partial charge on any atom is 0.371 e. The fourth-order valence-corrected chi connectivity index (χ4v) is 3.36. The monoisotopic (exact) mass is 277 g/mol. The van der Waals surface area contributed by atoms with E-state index in [9.17, 15) is 4.79 Å². The van der Waals surface area contributed by atoms with Crippen molar-refractivity contribution in [3.8, 4) is 0 Å². The molecule has 100 valence electrons. The molecule has 5 heteroatoms. The highest BCUT2D eigenvalue weighted by atomic mass is 32.1. The summed E-state index contributed by atoms with van der Waals surface area (Å²) in [5, 5.41) is 11.0. The number of furan rings is 1. The Labute approximate surface area is 115 Å². The normalized spacial score (nSPS) is 17.1. The van der Waals surface area contributed by atoms with Crippen molar-refractivity contribution >= 4 is 17.3 Å².